The lowest BCUT2D eigenvalue weighted by molar-refractivity contribution is 0.964. The van der Waals surface area contributed by atoms with E-state index in [1.165, 1.54) is 0 Å². The number of aromatic nitrogens is 5. The topological polar surface area (TPSA) is 59.4 Å². The number of benzene rings is 1. The van der Waals surface area contributed by atoms with Crippen LogP contribution >= 0.6 is 11.6 Å². The molecule has 3 heterocycles. The second-order valence-electron chi connectivity index (χ2n) is 4.65. The summed E-state index contributed by atoms with van der Waals surface area (Å²) in [5, 5.41) is 8.49. The van der Waals surface area contributed by atoms with Crippen molar-refractivity contribution in [3.63, 3.8) is 0 Å². The molecule has 5 nitrogen and oxygen atoms in total. The number of hydrogen-bond donors (Lipinski definition) is 1. The van der Waals surface area contributed by atoms with Gasteiger partial charge in [-0.3, -0.25) is 9.67 Å². The molecular weight excluding hydrogens is 286 g/mol. The standard InChI is InChI=1S/C15H10ClN5/c16-13-2-1-10-3-4-21(14(10)5-13)15-17-6-11(7-18-15)12-8-19-20-9-12/h1-9H,(H,19,20). The Hall–Kier alpha value is -2.66. The van der Waals surface area contributed by atoms with Gasteiger partial charge in [-0.25, -0.2) is 9.97 Å². The number of nitrogens with zero attached hydrogens (tertiary/aromatic N) is 4. The first-order chi connectivity index (χ1) is 10.3. The van der Waals surface area contributed by atoms with E-state index in [9.17, 15) is 0 Å². The molecule has 0 unspecified atom stereocenters. The summed E-state index contributed by atoms with van der Waals surface area (Å²) >= 11 is 6.06. The minimum Gasteiger partial charge on any atom is -0.285 e. The Balaban J connectivity index is 1.80. The first-order valence-electron chi connectivity index (χ1n) is 6.39. The van der Waals surface area contributed by atoms with Crippen LogP contribution in [0.1, 0.15) is 0 Å². The molecule has 0 aliphatic rings. The molecule has 0 fully saturated rings. The van der Waals surface area contributed by atoms with Crippen LogP contribution in [0.15, 0.2) is 55.2 Å². The molecular formula is C15H10ClN5. The minimum atomic E-state index is 0.611. The van der Waals surface area contributed by atoms with Crippen LogP contribution in [0.25, 0.3) is 28.0 Å². The van der Waals surface area contributed by atoms with E-state index >= 15 is 0 Å². The summed E-state index contributed by atoms with van der Waals surface area (Å²) in [6.07, 6.45) is 9.05. The van der Waals surface area contributed by atoms with Crippen molar-refractivity contribution < 1.29 is 0 Å². The average Bonchev–Trinajstić information content (AvgIpc) is 3.16. The molecule has 4 rings (SSSR count). The molecule has 0 spiro atoms. The molecule has 0 aliphatic carbocycles. The highest BCUT2D eigenvalue weighted by Crippen LogP contribution is 2.23. The van der Waals surface area contributed by atoms with E-state index in [4.69, 9.17) is 11.6 Å². The van der Waals surface area contributed by atoms with Crippen molar-refractivity contribution in [1.29, 1.82) is 0 Å². The summed E-state index contributed by atoms with van der Waals surface area (Å²) in [6.45, 7) is 0. The molecule has 1 N–H and O–H groups in total. The van der Waals surface area contributed by atoms with Crippen molar-refractivity contribution in [2.24, 2.45) is 0 Å². The van der Waals surface area contributed by atoms with Gasteiger partial charge in [0, 0.05) is 46.3 Å². The number of fused-ring (bicyclic) bond motifs is 1. The fraction of sp³-hybridized carbons (Fsp3) is 0. The quantitative estimate of drug-likeness (QED) is 0.616. The van der Waals surface area contributed by atoms with Gasteiger partial charge in [0.1, 0.15) is 0 Å². The van der Waals surface area contributed by atoms with Crippen LogP contribution in [0.5, 0.6) is 0 Å². The maximum Gasteiger partial charge on any atom is 0.234 e. The Morgan fingerprint density at radius 3 is 2.62 bits per heavy atom. The SMILES string of the molecule is Clc1ccc2ccn(-c3ncc(-c4cn[nH]c4)cn3)c2c1. The van der Waals surface area contributed by atoms with E-state index in [0.29, 0.717) is 11.0 Å². The van der Waals surface area contributed by atoms with Gasteiger partial charge in [-0.15, -0.1) is 0 Å². The normalized spacial score (nSPS) is 11.1. The molecule has 0 atom stereocenters. The summed E-state index contributed by atoms with van der Waals surface area (Å²) < 4.78 is 1.92. The predicted molar refractivity (Wildman–Crippen MR) is 81.5 cm³/mol. The van der Waals surface area contributed by atoms with Gasteiger partial charge >= 0.3 is 0 Å². The molecule has 0 saturated heterocycles. The Bertz CT molecular complexity index is 894. The lowest BCUT2D eigenvalue weighted by atomic mass is 10.2. The largest absolute Gasteiger partial charge is 0.285 e. The first-order valence-corrected chi connectivity index (χ1v) is 6.77. The van der Waals surface area contributed by atoms with Crippen molar-refractivity contribution in [3.8, 4) is 17.1 Å². The molecule has 6 heteroatoms. The van der Waals surface area contributed by atoms with Gasteiger partial charge in [0.15, 0.2) is 0 Å². The number of H-pyrrole nitrogens is 1. The van der Waals surface area contributed by atoms with Gasteiger partial charge in [0.2, 0.25) is 5.95 Å². The van der Waals surface area contributed by atoms with E-state index in [1.807, 2.05) is 41.2 Å². The van der Waals surface area contributed by atoms with E-state index in [1.54, 1.807) is 18.6 Å². The van der Waals surface area contributed by atoms with Gasteiger partial charge in [0.05, 0.1) is 11.7 Å². The Kier molecular flexibility index (Phi) is 2.72. The second kappa shape index (κ2) is 4.71. The highest BCUT2D eigenvalue weighted by molar-refractivity contribution is 6.31. The zero-order valence-corrected chi connectivity index (χ0v) is 11.6. The third kappa shape index (κ3) is 2.08. The third-order valence-corrected chi connectivity index (χ3v) is 3.58. The molecule has 1 aromatic carbocycles. The van der Waals surface area contributed by atoms with E-state index < -0.39 is 0 Å². The van der Waals surface area contributed by atoms with Gasteiger partial charge in [-0.1, -0.05) is 17.7 Å². The zero-order chi connectivity index (χ0) is 14.2. The smallest absolute Gasteiger partial charge is 0.234 e. The van der Waals surface area contributed by atoms with Crippen molar-refractivity contribution in [1.82, 2.24) is 24.7 Å². The zero-order valence-electron chi connectivity index (χ0n) is 10.9. The van der Waals surface area contributed by atoms with Crippen LogP contribution in [0.4, 0.5) is 0 Å². The number of aromatic amines is 1. The Labute approximate surface area is 125 Å². The summed E-state index contributed by atoms with van der Waals surface area (Å²) in [5.74, 6) is 0.611. The summed E-state index contributed by atoms with van der Waals surface area (Å²) in [7, 11) is 0. The molecule has 4 aromatic rings. The van der Waals surface area contributed by atoms with E-state index in [2.05, 4.69) is 20.2 Å². The number of halogens is 1. The van der Waals surface area contributed by atoms with Crippen LogP contribution in [-0.2, 0) is 0 Å². The fourth-order valence-corrected chi connectivity index (χ4v) is 2.45. The maximum absolute atomic E-state index is 6.06. The number of hydrogen-bond acceptors (Lipinski definition) is 3. The maximum atomic E-state index is 6.06. The van der Waals surface area contributed by atoms with Crippen molar-refractivity contribution >= 4 is 22.5 Å². The molecule has 0 aliphatic heterocycles. The lowest BCUT2D eigenvalue weighted by Crippen LogP contribution is -1.99. The van der Waals surface area contributed by atoms with Crippen molar-refractivity contribution in [3.05, 3.63) is 60.3 Å². The van der Waals surface area contributed by atoms with Gasteiger partial charge < -0.3 is 0 Å². The Morgan fingerprint density at radius 1 is 1.00 bits per heavy atom. The molecule has 102 valence electrons. The first kappa shape index (κ1) is 12.1. The highest BCUT2D eigenvalue weighted by Gasteiger charge is 2.07. The number of rotatable bonds is 2. The molecule has 0 radical (unpaired) electrons. The van der Waals surface area contributed by atoms with E-state index in [0.717, 1.165) is 22.0 Å². The average molecular weight is 296 g/mol. The van der Waals surface area contributed by atoms with Gasteiger partial charge in [-0.05, 0) is 18.2 Å². The predicted octanol–water partition coefficient (Wildman–Crippen LogP) is 3.46. The van der Waals surface area contributed by atoms with Crippen LogP contribution in [0, 0.1) is 0 Å². The van der Waals surface area contributed by atoms with Gasteiger partial charge in [0.25, 0.3) is 0 Å². The van der Waals surface area contributed by atoms with Crippen LogP contribution in [-0.4, -0.2) is 24.7 Å². The van der Waals surface area contributed by atoms with Crippen molar-refractivity contribution in [2.75, 3.05) is 0 Å². The van der Waals surface area contributed by atoms with Crippen molar-refractivity contribution in [2.45, 2.75) is 0 Å². The summed E-state index contributed by atoms with van der Waals surface area (Å²) in [6, 6.07) is 7.77. The summed E-state index contributed by atoms with van der Waals surface area (Å²) in [5.41, 5.74) is 2.86. The van der Waals surface area contributed by atoms with Crippen LogP contribution in [0.2, 0.25) is 5.02 Å². The molecule has 3 aromatic heterocycles. The number of nitrogens with one attached hydrogen (secondary N) is 1. The van der Waals surface area contributed by atoms with Crippen LogP contribution < -0.4 is 0 Å². The van der Waals surface area contributed by atoms with Gasteiger partial charge in [-0.2, -0.15) is 5.10 Å². The molecule has 0 saturated carbocycles. The lowest BCUT2D eigenvalue weighted by Gasteiger charge is -2.04. The monoisotopic (exact) mass is 295 g/mol. The minimum absolute atomic E-state index is 0.611. The molecule has 0 amide bonds. The third-order valence-electron chi connectivity index (χ3n) is 3.34. The second-order valence-corrected chi connectivity index (χ2v) is 5.08. The molecule has 0 bridgehead atoms. The summed E-state index contributed by atoms with van der Waals surface area (Å²) in [4.78, 5) is 8.85. The van der Waals surface area contributed by atoms with E-state index in [-0.39, 0.29) is 0 Å². The van der Waals surface area contributed by atoms with Crippen LogP contribution in [0.3, 0.4) is 0 Å². The fourth-order valence-electron chi connectivity index (χ4n) is 2.28. The molecule has 21 heavy (non-hydrogen) atoms. The Morgan fingerprint density at radius 2 is 1.86 bits per heavy atom. The highest BCUT2D eigenvalue weighted by atomic mass is 35.5.